The largest absolute Gasteiger partial charge is 0.508 e. The van der Waals surface area contributed by atoms with Gasteiger partial charge in [-0.15, -0.1) is 0 Å². The van der Waals surface area contributed by atoms with E-state index in [1.165, 1.54) is 0 Å². The van der Waals surface area contributed by atoms with Gasteiger partial charge in [0.15, 0.2) is 0 Å². The van der Waals surface area contributed by atoms with Crippen LogP contribution in [0.2, 0.25) is 0 Å². The predicted molar refractivity (Wildman–Crippen MR) is 89.9 cm³/mol. The highest BCUT2D eigenvalue weighted by atomic mass is 16.4. The third-order valence-corrected chi connectivity index (χ3v) is 3.80. The minimum absolute atomic E-state index is 0.128. The lowest BCUT2D eigenvalue weighted by Gasteiger charge is -2.18. The number of nitrogens with two attached hydrogens (primary N) is 1. The Hall–Kier alpha value is -2.67. The molecule has 0 unspecified atom stereocenters. The number of nitrogens with zero attached hydrogens (tertiary/aromatic N) is 1. The molecule has 1 amide bonds. The fourth-order valence-corrected chi connectivity index (χ4v) is 2.43. The fourth-order valence-electron chi connectivity index (χ4n) is 2.43. The van der Waals surface area contributed by atoms with Crippen LogP contribution in [0, 0.1) is 6.92 Å². The van der Waals surface area contributed by atoms with Crippen LogP contribution in [-0.2, 0) is 16.0 Å². The highest BCUT2D eigenvalue weighted by Gasteiger charge is 2.24. The molecular formula is C17H21N3O4. The quantitative estimate of drug-likeness (QED) is 0.590. The first kappa shape index (κ1) is 17.7. The number of carbonyl (C=O) groups is 2. The Bertz CT molecular complexity index is 697. The Morgan fingerprint density at radius 1 is 1.38 bits per heavy atom. The van der Waals surface area contributed by atoms with Gasteiger partial charge in [-0.1, -0.05) is 18.2 Å². The van der Waals surface area contributed by atoms with Crippen molar-refractivity contribution in [3.8, 4) is 5.75 Å². The molecule has 0 aromatic heterocycles. The van der Waals surface area contributed by atoms with Gasteiger partial charge in [0.1, 0.15) is 11.8 Å². The number of carbonyl (C=O) groups excluding carboxylic acids is 1. The summed E-state index contributed by atoms with van der Waals surface area (Å²) < 4.78 is 0. The third kappa shape index (κ3) is 4.66. The summed E-state index contributed by atoms with van der Waals surface area (Å²) >= 11 is 0. The summed E-state index contributed by atoms with van der Waals surface area (Å²) in [7, 11) is 0. The molecule has 0 bridgehead atoms. The van der Waals surface area contributed by atoms with Gasteiger partial charge in [-0.25, -0.2) is 4.79 Å². The van der Waals surface area contributed by atoms with Gasteiger partial charge in [0.25, 0.3) is 0 Å². The van der Waals surface area contributed by atoms with Gasteiger partial charge >= 0.3 is 5.97 Å². The molecule has 1 aromatic rings. The molecule has 128 valence electrons. The maximum absolute atomic E-state index is 12.2. The van der Waals surface area contributed by atoms with E-state index >= 15 is 0 Å². The monoisotopic (exact) mass is 331 g/mol. The van der Waals surface area contributed by atoms with Crippen molar-refractivity contribution in [1.82, 2.24) is 5.32 Å². The number of phenolic OH excluding ortho intramolecular Hbond substituents is 1. The number of hydrogen-bond acceptors (Lipinski definition) is 5. The van der Waals surface area contributed by atoms with Crippen LogP contribution in [0.15, 0.2) is 35.0 Å². The predicted octanol–water partition coefficient (Wildman–Crippen LogP) is 0.888. The lowest BCUT2D eigenvalue weighted by molar-refractivity contribution is -0.141. The van der Waals surface area contributed by atoms with Crippen molar-refractivity contribution >= 4 is 18.1 Å². The van der Waals surface area contributed by atoms with Crippen LogP contribution in [0.3, 0.4) is 0 Å². The average Bonchev–Trinajstić information content (AvgIpc) is 3.03. The number of aliphatic carboxylic acids is 1. The average molecular weight is 331 g/mol. The van der Waals surface area contributed by atoms with Gasteiger partial charge in [0.2, 0.25) is 5.91 Å². The van der Waals surface area contributed by atoms with Crippen LogP contribution in [0.25, 0.3) is 0 Å². The molecule has 1 aliphatic rings. The second-order valence-electron chi connectivity index (χ2n) is 5.78. The second kappa shape index (κ2) is 7.74. The third-order valence-electron chi connectivity index (χ3n) is 3.80. The maximum Gasteiger partial charge on any atom is 0.326 e. The Morgan fingerprint density at radius 3 is 2.71 bits per heavy atom. The summed E-state index contributed by atoms with van der Waals surface area (Å²) in [5.41, 5.74) is 8.01. The van der Waals surface area contributed by atoms with E-state index in [2.05, 4.69) is 10.3 Å². The fraction of sp³-hybridized carbons (Fsp3) is 0.353. The van der Waals surface area contributed by atoms with E-state index in [1.807, 2.05) is 6.08 Å². The number of rotatable bonds is 7. The molecule has 7 nitrogen and oxygen atoms in total. The standard InChI is InChI=1S/C17H21N3O4/c1-10-7-11(4-5-15(10)21)8-13(18)16(22)20-14(17(23)24)9-12-3-2-6-19-12/h3-7,13-14,21H,2,8-9,18H2,1H3,(H,20,22)(H,23,24)/t13-,14-/m0/s1. The number of benzene rings is 1. The van der Waals surface area contributed by atoms with E-state index in [1.54, 1.807) is 31.3 Å². The van der Waals surface area contributed by atoms with Crippen molar-refractivity contribution in [2.24, 2.45) is 10.7 Å². The summed E-state index contributed by atoms with van der Waals surface area (Å²) in [4.78, 5) is 27.6. The molecule has 0 saturated heterocycles. The lowest BCUT2D eigenvalue weighted by atomic mass is 10.0. The van der Waals surface area contributed by atoms with Crippen LogP contribution in [0.4, 0.5) is 0 Å². The summed E-state index contributed by atoms with van der Waals surface area (Å²) in [6, 6.07) is 3.03. The highest BCUT2D eigenvalue weighted by molar-refractivity contribution is 5.87. The molecule has 0 aliphatic carbocycles. The Morgan fingerprint density at radius 2 is 2.12 bits per heavy atom. The van der Waals surface area contributed by atoms with Gasteiger partial charge in [0.05, 0.1) is 6.04 Å². The molecule has 1 aliphatic heterocycles. The van der Waals surface area contributed by atoms with Crippen LogP contribution in [0.5, 0.6) is 5.75 Å². The lowest BCUT2D eigenvalue weighted by Crippen LogP contribution is -2.49. The van der Waals surface area contributed by atoms with Crippen LogP contribution < -0.4 is 11.1 Å². The summed E-state index contributed by atoms with van der Waals surface area (Å²) in [6.07, 6.45) is 4.56. The number of carboxylic acids is 1. The van der Waals surface area contributed by atoms with Gasteiger partial charge < -0.3 is 21.3 Å². The number of allylic oxidation sites excluding steroid dienone is 1. The van der Waals surface area contributed by atoms with Crippen molar-refractivity contribution in [3.63, 3.8) is 0 Å². The zero-order chi connectivity index (χ0) is 17.7. The van der Waals surface area contributed by atoms with E-state index in [-0.39, 0.29) is 18.6 Å². The minimum Gasteiger partial charge on any atom is -0.508 e. The number of aliphatic imine (C=N–C) groups is 1. The normalized spacial score (nSPS) is 15.7. The van der Waals surface area contributed by atoms with Crippen LogP contribution in [-0.4, -0.2) is 40.4 Å². The molecule has 0 spiro atoms. The number of carboxylic acid groups (broad SMARTS) is 1. The van der Waals surface area contributed by atoms with Gasteiger partial charge in [-0.3, -0.25) is 9.79 Å². The Labute approximate surface area is 139 Å². The first-order chi connectivity index (χ1) is 11.4. The van der Waals surface area contributed by atoms with E-state index < -0.39 is 24.0 Å². The van der Waals surface area contributed by atoms with Crippen LogP contribution in [0.1, 0.15) is 24.0 Å². The molecule has 24 heavy (non-hydrogen) atoms. The van der Waals surface area contributed by atoms with E-state index in [0.29, 0.717) is 17.7 Å². The van der Waals surface area contributed by atoms with E-state index in [0.717, 1.165) is 5.56 Å². The summed E-state index contributed by atoms with van der Waals surface area (Å²) in [6.45, 7) is 1.75. The minimum atomic E-state index is -1.13. The van der Waals surface area contributed by atoms with Gasteiger partial charge in [-0.05, 0) is 30.5 Å². The first-order valence-corrected chi connectivity index (χ1v) is 7.65. The number of aryl methyl sites for hydroxylation is 1. The summed E-state index contributed by atoms with van der Waals surface area (Å²) in [5, 5.41) is 21.2. The molecule has 7 heteroatoms. The first-order valence-electron chi connectivity index (χ1n) is 7.65. The number of hydrogen-bond donors (Lipinski definition) is 4. The molecule has 2 atom stereocenters. The molecule has 0 radical (unpaired) electrons. The van der Waals surface area contributed by atoms with E-state index in [9.17, 15) is 19.8 Å². The SMILES string of the molecule is Cc1cc(C[C@H](N)C(=O)N[C@@H](CC2=CCC=N2)C(=O)O)ccc1O. The number of amides is 1. The van der Waals surface area contributed by atoms with E-state index in [4.69, 9.17) is 5.73 Å². The van der Waals surface area contributed by atoms with Crippen molar-refractivity contribution in [1.29, 1.82) is 0 Å². The van der Waals surface area contributed by atoms with Gasteiger partial charge in [-0.2, -0.15) is 0 Å². The van der Waals surface area contributed by atoms with Crippen molar-refractivity contribution in [2.45, 2.75) is 38.3 Å². The Balaban J connectivity index is 1.96. The van der Waals surface area contributed by atoms with Crippen molar-refractivity contribution in [2.75, 3.05) is 0 Å². The highest BCUT2D eigenvalue weighted by Crippen LogP contribution is 2.18. The van der Waals surface area contributed by atoms with Crippen molar-refractivity contribution < 1.29 is 19.8 Å². The number of nitrogens with one attached hydrogen (secondary N) is 1. The van der Waals surface area contributed by atoms with Crippen LogP contribution >= 0.6 is 0 Å². The van der Waals surface area contributed by atoms with Crippen molar-refractivity contribution in [3.05, 3.63) is 41.1 Å². The second-order valence-corrected chi connectivity index (χ2v) is 5.78. The molecule has 1 aromatic carbocycles. The number of aromatic hydroxyl groups is 1. The molecule has 2 rings (SSSR count). The molecule has 0 fully saturated rings. The molecule has 5 N–H and O–H groups in total. The number of phenols is 1. The molecular weight excluding hydrogens is 310 g/mol. The van der Waals surface area contributed by atoms with Gasteiger partial charge in [0, 0.05) is 24.8 Å². The topological polar surface area (TPSA) is 125 Å². The molecule has 1 heterocycles. The molecule has 0 saturated carbocycles. The summed E-state index contributed by atoms with van der Waals surface area (Å²) in [5.74, 6) is -1.48. The zero-order valence-corrected chi connectivity index (χ0v) is 13.4. The maximum atomic E-state index is 12.2. The zero-order valence-electron chi connectivity index (χ0n) is 13.4. The Kier molecular flexibility index (Phi) is 5.70. The smallest absolute Gasteiger partial charge is 0.326 e.